The fraction of sp³-hybridized carbons (Fsp3) is 0.722. The van der Waals surface area contributed by atoms with Crippen LogP contribution in [0.5, 0.6) is 0 Å². The summed E-state index contributed by atoms with van der Waals surface area (Å²) in [6.45, 7) is 6.23. The van der Waals surface area contributed by atoms with Gasteiger partial charge in [0.1, 0.15) is 12.4 Å². The third kappa shape index (κ3) is 3.37. The van der Waals surface area contributed by atoms with Gasteiger partial charge < -0.3 is 19.3 Å². The normalized spacial score (nSPS) is 22.8. The smallest absolute Gasteiger partial charge is 0.430 e. The van der Waals surface area contributed by atoms with Crippen molar-refractivity contribution < 1.29 is 14.3 Å². The molecule has 7 heteroatoms. The van der Waals surface area contributed by atoms with Gasteiger partial charge in [0, 0.05) is 50.8 Å². The van der Waals surface area contributed by atoms with Gasteiger partial charge in [-0.1, -0.05) is 6.92 Å². The first-order chi connectivity index (χ1) is 12.2. The van der Waals surface area contributed by atoms with Gasteiger partial charge >= 0.3 is 6.16 Å². The number of ether oxygens (including phenoxy) is 2. The summed E-state index contributed by atoms with van der Waals surface area (Å²) in [5, 5.41) is 0. The van der Waals surface area contributed by atoms with Crippen LogP contribution in [0.15, 0.2) is 6.07 Å². The number of carbonyl (C=O) groups excluding carboxylic acids is 1. The van der Waals surface area contributed by atoms with Crippen molar-refractivity contribution >= 4 is 17.9 Å². The molecule has 0 amide bonds. The highest BCUT2D eigenvalue weighted by atomic mass is 16.8. The standard InChI is InChI=1S/C18H26N4O3/c1-2-14-12-15(20-16(19-14)22-8-4-3-5-9-22)21-10-6-18(7-11-21)13-24-17(23)25-18/h12H,2-11,13H2,1H3. The van der Waals surface area contributed by atoms with Gasteiger partial charge in [0.05, 0.1) is 0 Å². The van der Waals surface area contributed by atoms with Gasteiger partial charge in [0.25, 0.3) is 0 Å². The van der Waals surface area contributed by atoms with Crippen molar-refractivity contribution in [3.63, 3.8) is 0 Å². The van der Waals surface area contributed by atoms with E-state index in [1.165, 1.54) is 19.3 Å². The molecule has 1 spiro atoms. The Kier molecular flexibility index (Phi) is 4.39. The maximum Gasteiger partial charge on any atom is 0.509 e. The lowest BCUT2D eigenvalue weighted by molar-refractivity contribution is 0.0366. The molecule has 0 bridgehead atoms. The Labute approximate surface area is 148 Å². The van der Waals surface area contributed by atoms with Crippen LogP contribution in [0.2, 0.25) is 0 Å². The molecule has 3 saturated heterocycles. The summed E-state index contributed by atoms with van der Waals surface area (Å²) in [5.74, 6) is 1.86. The van der Waals surface area contributed by atoms with Gasteiger partial charge in [0.15, 0.2) is 5.60 Å². The van der Waals surface area contributed by atoms with Gasteiger partial charge in [-0.15, -0.1) is 0 Å². The first-order valence-electron chi connectivity index (χ1n) is 9.41. The first-order valence-corrected chi connectivity index (χ1v) is 9.41. The molecule has 0 N–H and O–H groups in total. The maximum atomic E-state index is 11.3. The van der Waals surface area contributed by atoms with E-state index in [4.69, 9.17) is 19.4 Å². The van der Waals surface area contributed by atoms with E-state index in [9.17, 15) is 4.79 Å². The lowest BCUT2D eigenvalue weighted by Crippen LogP contribution is -2.46. The van der Waals surface area contributed by atoms with E-state index >= 15 is 0 Å². The molecular weight excluding hydrogens is 320 g/mol. The van der Waals surface area contributed by atoms with Gasteiger partial charge in [-0.05, 0) is 25.7 Å². The number of aromatic nitrogens is 2. The Balaban J connectivity index is 1.51. The van der Waals surface area contributed by atoms with Crippen molar-refractivity contribution in [2.45, 2.75) is 51.0 Å². The van der Waals surface area contributed by atoms with Crippen LogP contribution < -0.4 is 9.80 Å². The first kappa shape index (κ1) is 16.4. The summed E-state index contributed by atoms with van der Waals surface area (Å²) in [6.07, 6.45) is 5.66. The van der Waals surface area contributed by atoms with Crippen molar-refractivity contribution in [3.8, 4) is 0 Å². The molecule has 3 aliphatic heterocycles. The molecule has 0 aromatic carbocycles. The number of hydrogen-bond donors (Lipinski definition) is 0. The molecule has 3 aliphatic rings. The monoisotopic (exact) mass is 346 g/mol. The van der Waals surface area contributed by atoms with E-state index in [-0.39, 0.29) is 0 Å². The molecule has 0 unspecified atom stereocenters. The molecule has 1 aromatic rings. The molecular formula is C18H26N4O3. The minimum atomic E-state index is -0.531. The van der Waals surface area contributed by atoms with Crippen LogP contribution in [0, 0.1) is 0 Å². The summed E-state index contributed by atoms with van der Waals surface area (Å²) < 4.78 is 10.4. The predicted octanol–water partition coefficient (Wildman–Crippen LogP) is 2.54. The Morgan fingerprint density at radius 3 is 2.48 bits per heavy atom. The fourth-order valence-corrected chi connectivity index (χ4v) is 3.86. The van der Waals surface area contributed by atoms with Crippen LogP contribution in [-0.4, -0.2) is 54.5 Å². The van der Waals surface area contributed by atoms with Crippen LogP contribution in [0.3, 0.4) is 0 Å². The minimum Gasteiger partial charge on any atom is -0.430 e. The molecule has 7 nitrogen and oxygen atoms in total. The van der Waals surface area contributed by atoms with Crippen LogP contribution in [0.1, 0.15) is 44.7 Å². The molecule has 4 rings (SSSR count). The Hall–Kier alpha value is -2.05. The molecule has 136 valence electrons. The van der Waals surface area contributed by atoms with Gasteiger partial charge in [-0.25, -0.2) is 9.78 Å². The highest BCUT2D eigenvalue weighted by Crippen LogP contribution is 2.33. The van der Waals surface area contributed by atoms with Gasteiger partial charge in [0.2, 0.25) is 5.95 Å². The second-order valence-corrected chi connectivity index (χ2v) is 7.23. The average Bonchev–Trinajstić information content (AvgIpc) is 3.03. The quantitative estimate of drug-likeness (QED) is 0.779. The zero-order chi connectivity index (χ0) is 17.3. The number of nitrogens with zero attached hydrogens (tertiary/aromatic N) is 4. The second-order valence-electron chi connectivity index (χ2n) is 7.23. The molecule has 0 radical (unpaired) electrons. The molecule has 1 aromatic heterocycles. The average molecular weight is 346 g/mol. The SMILES string of the molecule is CCc1cc(N2CCC3(CC2)COC(=O)O3)nc(N2CCCCC2)n1. The molecule has 25 heavy (non-hydrogen) atoms. The number of hydrogen-bond acceptors (Lipinski definition) is 7. The van der Waals surface area contributed by atoms with E-state index in [1.54, 1.807) is 0 Å². The molecule has 4 heterocycles. The number of piperidine rings is 2. The van der Waals surface area contributed by atoms with Crippen LogP contribution >= 0.6 is 0 Å². The van der Waals surface area contributed by atoms with Crippen LogP contribution in [-0.2, 0) is 15.9 Å². The number of cyclic esters (lactones) is 1. The minimum absolute atomic E-state index is 0.378. The lowest BCUT2D eigenvalue weighted by atomic mass is 9.92. The Bertz CT molecular complexity index is 637. The zero-order valence-electron chi connectivity index (χ0n) is 14.9. The van der Waals surface area contributed by atoms with E-state index in [0.717, 1.165) is 62.9 Å². The second kappa shape index (κ2) is 6.69. The van der Waals surface area contributed by atoms with Crippen molar-refractivity contribution in [1.29, 1.82) is 0 Å². The number of carbonyl (C=O) groups is 1. The van der Waals surface area contributed by atoms with E-state index in [2.05, 4.69) is 22.8 Å². The third-order valence-electron chi connectivity index (χ3n) is 5.51. The summed E-state index contributed by atoms with van der Waals surface area (Å²) in [6, 6.07) is 2.10. The van der Waals surface area contributed by atoms with Crippen molar-refractivity contribution in [1.82, 2.24) is 9.97 Å². The Morgan fingerprint density at radius 2 is 1.84 bits per heavy atom. The van der Waals surface area contributed by atoms with Gasteiger partial charge in [-0.2, -0.15) is 4.98 Å². The number of aryl methyl sites for hydroxylation is 1. The highest BCUT2D eigenvalue weighted by molar-refractivity contribution is 5.63. The van der Waals surface area contributed by atoms with Crippen molar-refractivity contribution in [2.75, 3.05) is 42.6 Å². The maximum absolute atomic E-state index is 11.3. The molecule has 0 atom stereocenters. The summed E-state index contributed by atoms with van der Waals surface area (Å²) >= 11 is 0. The highest BCUT2D eigenvalue weighted by Gasteiger charge is 2.45. The molecule has 3 fully saturated rings. The fourth-order valence-electron chi connectivity index (χ4n) is 3.86. The zero-order valence-corrected chi connectivity index (χ0v) is 14.9. The van der Waals surface area contributed by atoms with Gasteiger partial charge in [-0.3, -0.25) is 0 Å². The topological polar surface area (TPSA) is 67.8 Å². The largest absolute Gasteiger partial charge is 0.509 e. The van der Waals surface area contributed by atoms with E-state index in [0.29, 0.717) is 6.61 Å². The predicted molar refractivity (Wildman–Crippen MR) is 94.1 cm³/mol. The lowest BCUT2D eigenvalue weighted by Gasteiger charge is -2.37. The Morgan fingerprint density at radius 1 is 1.08 bits per heavy atom. The number of rotatable bonds is 3. The van der Waals surface area contributed by atoms with E-state index < -0.39 is 11.8 Å². The van der Waals surface area contributed by atoms with Crippen LogP contribution in [0.25, 0.3) is 0 Å². The third-order valence-corrected chi connectivity index (χ3v) is 5.51. The number of anilines is 2. The van der Waals surface area contributed by atoms with Crippen molar-refractivity contribution in [3.05, 3.63) is 11.8 Å². The molecule has 0 aliphatic carbocycles. The summed E-state index contributed by atoms with van der Waals surface area (Å²) in [5.41, 5.74) is 0.658. The summed E-state index contributed by atoms with van der Waals surface area (Å²) in [4.78, 5) is 25.5. The van der Waals surface area contributed by atoms with Crippen molar-refractivity contribution in [2.24, 2.45) is 0 Å². The van der Waals surface area contributed by atoms with E-state index in [1.807, 2.05) is 0 Å². The van der Waals surface area contributed by atoms with Crippen LogP contribution in [0.4, 0.5) is 16.6 Å². The summed E-state index contributed by atoms with van der Waals surface area (Å²) in [7, 11) is 0. The molecule has 0 saturated carbocycles.